The molecular formula is C36H40Br2S4. The van der Waals surface area contributed by atoms with Crippen molar-refractivity contribution in [3.05, 3.63) is 74.6 Å². The van der Waals surface area contributed by atoms with Gasteiger partial charge in [0.15, 0.2) is 0 Å². The minimum absolute atomic E-state index is 1.08. The van der Waals surface area contributed by atoms with Crippen LogP contribution in [0.5, 0.6) is 0 Å². The second-order valence-corrected chi connectivity index (χ2v) is 16.8. The molecule has 0 spiro atoms. The molecule has 0 saturated carbocycles. The van der Waals surface area contributed by atoms with Crippen molar-refractivity contribution in [3.63, 3.8) is 0 Å². The predicted octanol–water partition coefficient (Wildman–Crippen LogP) is 13.7. The third-order valence-corrected chi connectivity index (χ3v) is 13.2. The number of halogens is 2. The average molecular weight is 761 g/mol. The summed E-state index contributed by atoms with van der Waals surface area (Å²) in [6, 6.07) is 13.2. The summed E-state index contributed by atoms with van der Waals surface area (Å²) >= 11 is 14.8. The van der Waals surface area contributed by atoms with E-state index in [1.807, 2.05) is 22.7 Å². The summed E-state index contributed by atoms with van der Waals surface area (Å²) in [5, 5.41) is 0. The highest BCUT2D eigenvalue weighted by atomic mass is 79.9. The van der Waals surface area contributed by atoms with Crippen LogP contribution in [0.1, 0.15) is 120 Å². The molecule has 4 aromatic heterocycles. The van der Waals surface area contributed by atoms with Gasteiger partial charge in [-0.2, -0.15) is 0 Å². The molecule has 0 aliphatic rings. The Hall–Kier alpha value is -1.12. The number of aryl methyl sites for hydroxylation is 2. The van der Waals surface area contributed by atoms with Gasteiger partial charge in [-0.1, -0.05) is 78.1 Å². The highest BCUT2D eigenvalue weighted by molar-refractivity contribution is 9.11. The van der Waals surface area contributed by atoms with E-state index in [-0.39, 0.29) is 0 Å². The monoisotopic (exact) mass is 758 g/mol. The maximum atomic E-state index is 3.79. The van der Waals surface area contributed by atoms with E-state index in [1.165, 1.54) is 109 Å². The molecule has 0 aromatic carbocycles. The zero-order valence-corrected chi connectivity index (χ0v) is 31.2. The summed E-state index contributed by atoms with van der Waals surface area (Å²) in [5.74, 6) is 13.6. The fraction of sp³-hybridized carbons (Fsp3) is 0.444. The molecular weight excluding hydrogens is 720 g/mol. The van der Waals surface area contributed by atoms with Crippen molar-refractivity contribution < 1.29 is 0 Å². The van der Waals surface area contributed by atoms with Crippen LogP contribution in [-0.4, -0.2) is 0 Å². The molecule has 0 nitrogen and oxygen atoms in total. The third kappa shape index (κ3) is 11.1. The number of thiophene rings is 4. The van der Waals surface area contributed by atoms with Gasteiger partial charge < -0.3 is 0 Å². The standard InChI is InChI=1S/C36H40Br2S4/c1-3-5-7-9-11-13-15-27-17-19-29(39-27)21-23-31-25-33(37)35(41-31)36-34(38)26-32(42-36)24-22-30-20-18-28(40-30)16-14-12-10-8-6-4-2/h17-20,25-26H,3-16H2,1-2H3. The molecule has 42 heavy (non-hydrogen) atoms. The van der Waals surface area contributed by atoms with Crippen LogP contribution >= 0.6 is 77.2 Å². The Bertz CT molecular complexity index is 1390. The predicted molar refractivity (Wildman–Crippen MR) is 198 cm³/mol. The molecule has 222 valence electrons. The minimum atomic E-state index is 1.08. The molecule has 0 aliphatic heterocycles. The van der Waals surface area contributed by atoms with Crippen LogP contribution in [0.4, 0.5) is 0 Å². The van der Waals surface area contributed by atoms with E-state index in [0.29, 0.717) is 0 Å². The number of hydrogen-bond donors (Lipinski definition) is 0. The minimum Gasteiger partial charge on any atom is -0.132 e. The van der Waals surface area contributed by atoms with Crippen molar-refractivity contribution in [1.29, 1.82) is 0 Å². The summed E-state index contributed by atoms with van der Waals surface area (Å²) in [6.45, 7) is 4.55. The number of rotatable bonds is 15. The lowest BCUT2D eigenvalue weighted by molar-refractivity contribution is 0.609. The van der Waals surface area contributed by atoms with Crippen LogP contribution in [0, 0.1) is 23.7 Å². The van der Waals surface area contributed by atoms with Gasteiger partial charge in [0.25, 0.3) is 0 Å². The van der Waals surface area contributed by atoms with Crippen molar-refractivity contribution in [1.82, 2.24) is 0 Å². The zero-order chi connectivity index (χ0) is 29.6. The second kappa shape index (κ2) is 18.6. The highest BCUT2D eigenvalue weighted by Crippen LogP contribution is 2.44. The Labute approximate surface area is 286 Å². The first-order valence-electron chi connectivity index (χ1n) is 15.4. The van der Waals surface area contributed by atoms with Gasteiger partial charge in [0, 0.05) is 18.7 Å². The van der Waals surface area contributed by atoms with Crippen molar-refractivity contribution >= 4 is 77.2 Å². The Morgan fingerprint density at radius 3 is 1.29 bits per heavy atom. The van der Waals surface area contributed by atoms with Crippen LogP contribution in [-0.2, 0) is 12.8 Å². The molecule has 0 amide bonds. The van der Waals surface area contributed by atoms with E-state index < -0.39 is 0 Å². The summed E-state index contributed by atoms with van der Waals surface area (Å²) in [7, 11) is 0. The summed E-state index contributed by atoms with van der Waals surface area (Å²) in [6.07, 6.45) is 18.4. The Balaban J connectivity index is 1.32. The molecule has 0 unspecified atom stereocenters. The summed E-state index contributed by atoms with van der Waals surface area (Å²) in [5.41, 5.74) is 0. The SMILES string of the molecule is CCCCCCCCc1ccc(C#Cc2cc(Br)c(-c3sc(C#Cc4ccc(CCCCCCCC)s4)cc3Br)s2)s1. The zero-order valence-electron chi connectivity index (χ0n) is 24.8. The van der Waals surface area contributed by atoms with Crippen LogP contribution < -0.4 is 0 Å². The van der Waals surface area contributed by atoms with E-state index in [0.717, 1.165) is 28.5 Å². The molecule has 6 heteroatoms. The maximum Gasteiger partial charge on any atom is 0.0791 e. The molecule has 4 aromatic rings. The quantitative estimate of drug-likeness (QED) is 0.0836. The molecule has 0 radical (unpaired) electrons. The highest BCUT2D eigenvalue weighted by Gasteiger charge is 2.15. The second-order valence-electron chi connectivity index (χ2n) is 10.6. The Morgan fingerprint density at radius 1 is 0.476 bits per heavy atom. The lowest BCUT2D eigenvalue weighted by atomic mass is 10.1. The molecule has 0 N–H and O–H groups in total. The van der Waals surface area contributed by atoms with E-state index in [2.05, 4.69) is 106 Å². The van der Waals surface area contributed by atoms with Crippen LogP contribution in [0.2, 0.25) is 0 Å². The molecule has 0 aliphatic carbocycles. The van der Waals surface area contributed by atoms with Gasteiger partial charge in [-0.3, -0.25) is 0 Å². The first kappa shape index (κ1) is 33.8. The lowest BCUT2D eigenvalue weighted by Gasteiger charge is -1.98. The van der Waals surface area contributed by atoms with Gasteiger partial charge in [0.1, 0.15) is 0 Å². The molecule has 0 fully saturated rings. The summed E-state index contributed by atoms with van der Waals surface area (Å²) in [4.78, 5) is 9.78. The molecule has 0 bridgehead atoms. The maximum absolute atomic E-state index is 3.79. The van der Waals surface area contributed by atoms with Gasteiger partial charge in [-0.15, -0.1) is 45.3 Å². The van der Waals surface area contributed by atoms with Crippen LogP contribution in [0.3, 0.4) is 0 Å². The molecule has 4 rings (SSSR count). The van der Waals surface area contributed by atoms with Crippen molar-refractivity contribution in [2.75, 3.05) is 0 Å². The van der Waals surface area contributed by atoms with Gasteiger partial charge >= 0.3 is 0 Å². The van der Waals surface area contributed by atoms with Crippen molar-refractivity contribution in [3.8, 4) is 33.4 Å². The fourth-order valence-electron chi connectivity index (χ4n) is 4.73. The summed E-state index contributed by atoms with van der Waals surface area (Å²) < 4.78 is 2.18. The first-order chi connectivity index (χ1) is 20.6. The molecule has 0 saturated heterocycles. The van der Waals surface area contributed by atoms with E-state index >= 15 is 0 Å². The molecule has 4 heterocycles. The van der Waals surface area contributed by atoms with E-state index in [9.17, 15) is 0 Å². The normalized spacial score (nSPS) is 10.9. The fourth-order valence-corrected chi connectivity index (χ4v) is 10.4. The van der Waals surface area contributed by atoms with Crippen LogP contribution in [0.25, 0.3) is 9.75 Å². The largest absolute Gasteiger partial charge is 0.132 e. The van der Waals surface area contributed by atoms with E-state index in [4.69, 9.17) is 0 Å². The van der Waals surface area contributed by atoms with Crippen molar-refractivity contribution in [2.45, 2.75) is 104 Å². The average Bonchev–Trinajstić information content (AvgIpc) is 3.78. The lowest BCUT2D eigenvalue weighted by Crippen LogP contribution is -1.82. The Morgan fingerprint density at radius 2 is 0.857 bits per heavy atom. The van der Waals surface area contributed by atoms with Gasteiger partial charge in [0.05, 0.1) is 29.3 Å². The number of hydrogen-bond acceptors (Lipinski definition) is 4. The van der Waals surface area contributed by atoms with Gasteiger partial charge in [-0.25, -0.2) is 0 Å². The topological polar surface area (TPSA) is 0 Å². The van der Waals surface area contributed by atoms with Crippen molar-refractivity contribution in [2.24, 2.45) is 0 Å². The van der Waals surface area contributed by atoms with Gasteiger partial charge in [-0.05, 0) is 118 Å². The smallest absolute Gasteiger partial charge is 0.0791 e. The van der Waals surface area contributed by atoms with E-state index in [1.54, 1.807) is 22.7 Å². The van der Waals surface area contributed by atoms with Crippen LogP contribution in [0.15, 0.2) is 45.3 Å². The Kier molecular flexibility index (Phi) is 15.0. The molecule has 0 atom stereocenters. The number of unbranched alkanes of at least 4 members (excludes halogenated alkanes) is 10. The first-order valence-corrected chi connectivity index (χ1v) is 20.2. The third-order valence-electron chi connectivity index (χ3n) is 7.07. The van der Waals surface area contributed by atoms with Gasteiger partial charge in [0.2, 0.25) is 0 Å².